The van der Waals surface area contributed by atoms with E-state index in [0.29, 0.717) is 11.3 Å². The van der Waals surface area contributed by atoms with Gasteiger partial charge < -0.3 is 20.3 Å². The lowest BCUT2D eigenvalue weighted by Crippen LogP contribution is -2.54. The van der Waals surface area contributed by atoms with Crippen molar-refractivity contribution < 1.29 is 9.53 Å². The number of hydrogen-bond donors (Lipinski definition) is 2. The number of benzene rings is 1. The van der Waals surface area contributed by atoms with Crippen LogP contribution in [0.2, 0.25) is 0 Å². The molecule has 162 valence electrons. The van der Waals surface area contributed by atoms with Gasteiger partial charge in [-0.25, -0.2) is 0 Å². The fourth-order valence-corrected chi connectivity index (χ4v) is 5.59. The van der Waals surface area contributed by atoms with E-state index in [9.17, 15) is 4.79 Å². The van der Waals surface area contributed by atoms with E-state index in [1.54, 1.807) is 14.2 Å². The summed E-state index contributed by atoms with van der Waals surface area (Å²) in [5, 5.41) is 6.21. The molecule has 0 radical (unpaired) electrons. The van der Waals surface area contributed by atoms with Crippen molar-refractivity contribution in [3.63, 3.8) is 0 Å². The molecule has 8 heteroatoms. The zero-order valence-electron chi connectivity index (χ0n) is 17.4. The fourth-order valence-electron chi connectivity index (χ4n) is 4.02. The molecule has 2 fully saturated rings. The van der Waals surface area contributed by atoms with Crippen molar-refractivity contribution in [2.75, 3.05) is 39.5 Å². The number of ether oxygens (including phenoxy) is 1. The van der Waals surface area contributed by atoms with Crippen LogP contribution in [0.1, 0.15) is 37.7 Å². The molecule has 3 rings (SSSR count). The Labute approximate surface area is 195 Å². The Balaban J connectivity index is 0.00000300. The molecule has 1 aliphatic carbocycles. The van der Waals surface area contributed by atoms with Crippen LogP contribution in [0.3, 0.4) is 0 Å². The number of aliphatic imine (C=N–C) groups is 1. The lowest BCUT2D eigenvalue weighted by atomic mass is 9.87. The molecule has 0 unspecified atom stereocenters. The van der Waals surface area contributed by atoms with Gasteiger partial charge in [0.1, 0.15) is 5.75 Å². The van der Waals surface area contributed by atoms with Gasteiger partial charge in [-0.1, -0.05) is 31.4 Å². The number of thioether (sulfide) groups is 1. The first kappa shape index (κ1) is 24.1. The maximum atomic E-state index is 12.3. The van der Waals surface area contributed by atoms with Gasteiger partial charge >= 0.3 is 0 Å². The van der Waals surface area contributed by atoms with Crippen LogP contribution in [-0.2, 0) is 11.3 Å². The highest BCUT2D eigenvalue weighted by Crippen LogP contribution is 2.42. The summed E-state index contributed by atoms with van der Waals surface area (Å²) in [7, 11) is 3.44. The zero-order chi connectivity index (χ0) is 19.8. The molecular formula is C21H33IN4O2S. The summed E-state index contributed by atoms with van der Waals surface area (Å²) in [6.45, 7) is 2.76. The summed E-state index contributed by atoms with van der Waals surface area (Å²) in [4.78, 5) is 19.0. The summed E-state index contributed by atoms with van der Waals surface area (Å²) in [6, 6.07) is 7.72. The third-order valence-electron chi connectivity index (χ3n) is 5.58. The maximum Gasteiger partial charge on any atom is 0.239 e. The van der Waals surface area contributed by atoms with Crippen molar-refractivity contribution in [1.82, 2.24) is 15.5 Å². The molecule has 1 saturated carbocycles. The lowest BCUT2D eigenvalue weighted by Gasteiger charge is -2.45. The number of hydrogen-bond acceptors (Lipinski definition) is 4. The van der Waals surface area contributed by atoms with Gasteiger partial charge in [-0.15, -0.1) is 24.0 Å². The second-order valence-electron chi connectivity index (χ2n) is 7.54. The third-order valence-corrected chi connectivity index (χ3v) is 7.12. The molecule has 6 nitrogen and oxygen atoms in total. The standard InChI is InChI=1S/C21H32N4O2S.HI/c1-22-20(25-12-13-28-21(16-25)10-4-3-5-11-21)24-15-19(26)23-14-17-6-8-18(27-2)9-7-17;/h6-9H,3-5,10-16H2,1-2H3,(H,22,24)(H,23,26);1H. The first-order valence-corrected chi connectivity index (χ1v) is 11.1. The Morgan fingerprint density at radius 1 is 1.21 bits per heavy atom. The maximum absolute atomic E-state index is 12.3. The molecule has 1 aromatic carbocycles. The van der Waals surface area contributed by atoms with E-state index >= 15 is 0 Å². The van der Waals surface area contributed by atoms with Gasteiger partial charge in [-0.05, 0) is 30.5 Å². The number of methoxy groups -OCH3 is 1. The van der Waals surface area contributed by atoms with Crippen molar-refractivity contribution in [2.45, 2.75) is 43.4 Å². The molecule has 1 amide bonds. The van der Waals surface area contributed by atoms with Crippen LogP contribution in [0.15, 0.2) is 29.3 Å². The minimum Gasteiger partial charge on any atom is -0.497 e. The van der Waals surface area contributed by atoms with E-state index in [0.717, 1.165) is 36.1 Å². The fraction of sp³-hybridized carbons (Fsp3) is 0.619. The Hall–Kier alpha value is -1.16. The van der Waals surface area contributed by atoms with Crippen LogP contribution in [0.25, 0.3) is 0 Å². The van der Waals surface area contributed by atoms with E-state index in [1.165, 1.54) is 32.1 Å². The molecule has 2 aliphatic rings. The Bertz CT molecular complexity index is 672. The summed E-state index contributed by atoms with van der Waals surface area (Å²) in [5.41, 5.74) is 1.05. The summed E-state index contributed by atoms with van der Waals surface area (Å²) >= 11 is 2.14. The molecule has 1 heterocycles. The van der Waals surface area contributed by atoms with Crippen LogP contribution in [-0.4, -0.2) is 61.1 Å². The van der Waals surface area contributed by atoms with E-state index in [2.05, 4.69) is 32.3 Å². The highest BCUT2D eigenvalue weighted by molar-refractivity contribution is 14.0. The normalized spacial score (nSPS) is 18.7. The van der Waals surface area contributed by atoms with Gasteiger partial charge in [-0.3, -0.25) is 9.79 Å². The van der Waals surface area contributed by atoms with Crippen LogP contribution in [0.4, 0.5) is 0 Å². The van der Waals surface area contributed by atoms with Crippen LogP contribution in [0, 0.1) is 0 Å². The van der Waals surface area contributed by atoms with Crippen molar-refractivity contribution in [1.29, 1.82) is 0 Å². The largest absolute Gasteiger partial charge is 0.497 e. The first-order chi connectivity index (χ1) is 13.6. The van der Waals surface area contributed by atoms with E-state index in [1.807, 2.05) is 24.3 Å². The van der Waals surface area contributed by atoms with E-state index in [4.69, 9.17) is 4.74 Å². The van der Waals surface area contributed by atoms with Gasteiger partial charge in [0, 0.05) is 37.2 Å². The highest BCUT2D eigenvalue weighted by Gasteiger charge is 2.38. The first-order valence-electron chi connectivity index (χ1n) is 10.1. The van der Waals surface area contributed by atoms with Gasteiger partial charge in [0.2, 0.25) is 5.91 Å². The summed E-state index contributed by atoms with van der Waals surface area (Å²) in [5.74, 6) is 2.75. The van der Waals surface area contributed by atoms with E-state index in [-0.39, 0.29) is 36.4 Å². The predicted molar refractivity (Wildman–Crippen MR) is 131 cm³/mol. The monoisotopic (exact) mass is 532 g/mol. The lowest BCUT2D eigenvalue weighted by molar-refractivity contribution is -0.120. The molecule has 0 bridgehead atoms. The zero-order valence-corrected chi connectivity index (χ0v) is 20.6. The second-order valence-corrected chi connectivity index (χ2v) is 9.10. The van der Waals surface area contributed by atoms with Crippen LogP contribution >= 0.6 is 35.7 Å². The quantitative estimate of drug-likeness (QED) is 0.347. The average Bonchev–Trinajstić information content (AvgIpc) is 2.74. The molecule has 1 saturated heterocycles. The number of guanidine groups is 1. The average molecular weight is 532 g/mol. The van der Waals surface area contributed by atoms with Gasteiger partial charge in [-0.2, -0.15) is 11.8 Å². The molecule has 1 aromatic rings. The van der Waals surface area contributed by atoms with Crippen molar-refractivity contribution >= 4 is 47.6 Å². The van der Waals surface area contributed by atoms with Crippen LogP contribution in [0.5, 0.6) is 5.75 Å². The number of carbonyl (C=O) groups excluding carboxylic acids is 1. The number of amides is 1. The topological polar surface area (TPSA) is 66.0 Å². The summed E-state index contributed by atoms with van der Waals surface area (Å²) in [6.07, 6.45) is 6.63. The molecule has 1 spiro atoms. The number of rotatable bonds is 5. The Kier molecular flexibility index (Phi) is 9.88. The number of nitrogens with one attached hydrogen (secondary N) is 2. The second kappa shape index (κ2) is 11.9. The predicted octanol–water partition coefficient (Wildman–Crippen LogP) is 3.26. The van der Waals surface area contributed by atoms with Crippen LogP contribution < -0.4 is 15.4 Å². The Morgan fingerprint density at radius 3 is 2.59 bits per heavy atom. The van der Waals surface area contributed by atoms with Crippen molar-refractivity contribution in [3.05, 3.63) is 29.8 Å². The number of carbonyl (C=O) groups is 1. The molecule has 0 atom stereocenters. The summed E-state index contributed by atoms with van der Waals surface area (Å²) < 4.78 is 5.53. The molecular weight excluding hydrogens is 499 g/mol. The van der Waals surface area contributed by atoms with Gasteiger partial charge in [0.05, 0.1) is 13.7 Å². The molecule has 2 N–H and O–H groups in total. The number of nitrogens with zero attached hydrogens (tertiary/aromatic N) is 2. The SMILES string of the molecule is CN=C(NCC(=O)NCc1ccc(OC)cc1)N1CCSC2(CCCCC2)C1.I. The third kappa shape index (κ3) is 6.94. The van der Waals surface area contributed by atoms with Gasteiger partial charge in [0.25, 0.3) is 0 Å². The smallest absolute Gasteiger partial charge is 0.239 e. The van der Waals surface area contributed by atoms with Gasteiger partial charge in [0.15, 0.2) is 5.96 Å². The Morgan fingerprint density at radius 2 is 1.93 bits per heavy atom. The molecule has 1 aliphatic heterocycles. The number of halogens is 1. The van der Waals surface area contributed by atoms with Crippen molar-refractivity contribution in [3.8, 4) is 5.75 Å². The minimum absolute atomic E-state index is 0. The minimum atomic E-state index is -0.0317. The molecule has 29 heavy (non-hydrogen) atoms. The molecule has 0 aromatic heterocycles. The van der Waals surface area contributed by atoms with E-state index < -0.39 is 0 Å². The highest BCUT2D eigenvalue weighted by atomic mass is 127. The van der Waals surface area contributed by atoms with Crippen molar-refractivity contribution in [2.24, 2.45) is 4.99 Å².